The summed E-state index contributed by atoms with van der Waals surface area (Å²) in [5.41, 5.74) is 0. The summed E-state index contributed by atoms with van der Waals surface area (Å²) in [6.07, 6.45) is 3.68. The van der Waals surface area contributed by atoms with Crippen molar-refractivity contribution in [2.45, 2.75) is 20.3 Å². The van der Waals surface area contributed by atoms with Crippen molar-refractivity contribution in [3.8, 4) is 0 Å². The first-order chi connectivity index (χ1) is 6.18. The van der Waals surface area contributed by atoms with Crippen molar-refractivity contribution in [1.29, 1.82) is 0 Å². The Balaban J connectivity index is 0.000000292. The SMILES string of the molecule is CC1C=[N+](C)CC(C)C1.[O-][Cl+](O)(O)O. The van der Waals surface area contributed by atoms with E-state index in [0.29, 0.717) is 0 Å². The van der Waals surface area contributed by atoms with Gasteiger partial charge >= 0.3 is 28.9 Å². The summed E-state index contributed by atoms with van der Waals surface area (Å²) in [6.45, 7) is 5.84. The molecule has 14 heavy (non-hydrogen) atoms. The molecule has 0 saturated heterocycles. The summed E-state index contributed by atoms with van der Waals surface area (Å²) in [7, 11) is -2.04. The van der Waals surface area contributed by atoms with Gasteiger partial charge in [-0.1, -0.05) is 13.8 Å². The van der Waals surface area contributed by atoms with Gasteiger partial charge in [0, 0.05) is 11.8 Å². The molecule has 1 aliphatic heterocycles. The Morgan fingerprint density at radius 2 is 1.79 bits per heavy atom. The molecule has 0 fully saturated rings. The molecule has 0 aromatic carbocycles. The molecule has 1 aliphatic rings. The monoisotopic (exact) mass is 228 g/mol. The van der Waals surface area contributed by atoms with Crippen LogP contribution in [0.25, 0.3) is 0 Å². The molecular weight excluding hydrogens is 210 g/mol. The fraction of sp³-hybridized carbons (Fsp3) is 0.875. The van der Waals surface area contributed by atoms with Gasteiger partial charge in [0.2, 0.25) is 0 Å². The molecule has 2 unspecified atom stereocenters. The number of hydrogen-bond acceptors (Lipinski definition) is 4. The van der Waals surface area contributed by atoms with Crippen LogP contribution >= 0.6 is 0 Å². The second kappa shape index (κ2) is 5.63. The Kier molecular flexibility index (Phi) is 5.54. The molecule has 86 valence electrons. The molecule has 0 radical (unpaired) electrons. The molecule has 0 aliphatic carbocycles. The normalized spacial score (nSPS) is 28.6. The van der Waals surface area contributed by atoms with Crippen molar-refractivity contribution in [3.63, 3.8) is 0 Å². The third-order valence-corrected chi connectivity index (χ3v) is 1.88. The van der Waals surface area contributed by atoms with Crippen LogP contribution in [0, 0.1) is 22.1 Å². The summed E-state index contributed by atoms with van der Waals surface area (Å²) < 4.78 is 32.5. The van der Waals surface area contributed by atoms with Crippen LogP contribution in [0.2, 0.25) is 0 Å². The van der Waals surface area contributed by atoms with E-state index in [2.05, 4.69) is 31.7 Å². The standard InChI is InChI=1S/C8H16N.ClH3O4/c1-7-4-8(2)6-9(3)5-7;2-1(3,4)5/h5,7-8H,4,6H2,1-3H3;2-4H/q+1;. The summed E-state index contributed by atoms with van der Waals surface area (Å²) in [5.74, 6) is 1.67. The van der Waals surface area contributed by atoms with Crippen LogP contribution in [0.3, 0.4) is 0 Å². The first-order valence-electron chi connectivity index (χ1n) is 4.40. The minimum atomic E-state index is -4.19. The Hall–Kier alpha value is -0.200. The molecular formula is C8H19ClNO4+. The van der Waals surface area contributed by atoms with Crippen LogP contribution in [0.15, 0.2) is 0 Å². The molecule has 0 aromatic rings. The van der Waals surface area contributed by atoms with Gasteiger partial charge in [0.1, 0.15) is 19.8 Å². The molecule has 0 saturated carbocycles. The van der Waals surface area contributed by atoms with Crippen LogP contribution in [0.1, 0.15) is 20.3 Å². The van der Waals surface area contributed by atoms with Gasteiger partial charge in [0.15, 0.2) is 0 Å². The van der Waals surface area contributed by atoms with Crippen molar-refractivity contribution >= 4 is 6.21 Å². The van der Waals surface area contributed by atoms with Gasteiger partial charge in [0.25, 0.3) is 0 Å². The molecule has 0 amide bonds. The van der Waals surface area contributed by atoms with Crippen LogP contribution < -0.4 is 4.66 Å². The zero-order valence-electron chi connectivity index (χ0n) is 8.72. The third-order valence-electron chi connectivity index (χ3n) is 1.88. The second-order valence-electron chi connectivity index (χ2n) is 3.84. The van der Waals surface area contributed by atoms with E-state index >= 15 is 0 Å². The Bertz CT molecular complexity index is 196. The van der Waals surface area contributed by atoms with E-state index in [4.69, 9.17) is 18.6 Å². The van der Waals surface area contributed by atoms with Crippen LogP contribution in [-0.2, 0) is 0 Å². The van der Waals surface area contributed by atoms with E-state index in [1.807, 2.05) is 0 Å². The fourth-order valence-electron chi connectivity index (χ4n) is 1.76. The predicted molar refractivity (Wildman–Crippen MR) is 46.7 cm³/mol. The molecule has 0 bridgehead atoms. The van der Waals surface area contributed by atoms with E-state index in [1.54, 1.807) is 0 Å². The molecule has 6 heteroatoms. The molecule has 5 nitrogen and oxygen atoms in total. The summed E-state index contributed by atoms with van der Waals surface area (Å²) in [6, 6.07) is 0. The van der Waals surface area contributed by atoms with Gasteiger partial charge in [0.05, 0.1) is 0 Å². The average Bonchev–Trinajstić information content (AvgIpc) is 1.77. The van der Waals surface area contributed by atoms with Gasteiger partial charge in [-0.3, -0.25) is 0 Å². The van der Waals surface area contributed by atoms with Crippen molar-refractivity contribution in [1.82, 2.24) is 0 Å². The van der Waals surface area contributed by atoms with Crippen molar-refractivity contribution in [2.24, 2.45) is 11.8 Å². The first kappa shape index (κ1) is 13.8. The summed E-state index contributed by atoms with van der Waals surface area (Å²) in [4.78, 5) is 0. The first-order valence-corrected chi connectivity index (χ1v) is 5.72. The number of hydrogen-bond donors (Lipinski definition) is 3. The Morgan fingerprint density at radius 1 is 1.36 bits per heavy atom. The average molecular weight is 229 g/mol. The van der Waals surface area contributed by atoms with Crippen molar-refractivity contribution < 1.29 is 33.5 Å². The van der Waals surface area contributed by atoms with E-state index in [-0.39, 0.29) is 0 Å². The van der Waals surface area contributed by atoms with Crippen LogP contribution in [0.5, 0.6) is 0 Å². The summed E-state index contributed by atoms with van der Waals surface area (Å²) >= 11 is 0. The van der Waals surface area contributed by atoms with Gasteiger partial charge in [-0.25, -0.2) is 4.58 Å². The zero-order valence-corrected chi connectivity index (χ0v) is 9.48. The Labute approximate surface area is 86.0 Å². The Morgan fingerprint density at radius 3 is 2.07 bits per heavy atom. The van der Waals surface area contributed by atoms with Crippen molar-refractivity contribution in [3.05, 3.63) is 0 Å². The second-order valence-corrected chi connectivity index (χ2v) is 4.71. The third kappa shape index (κ3) is 9.88. The van der Waals surface area contributed by atoms with E-state index < -0.39 is 10.2 Å². The number of halogens is 1. The van der Waals surface area contributed by atoms with E-state index in [9.17, 15) is 0 Å². The van der Waals surface area contributed by atoms with Gasteiger partial charge < -0.3 is 0 Å². The maximum atomic E-state index is 8.83. The molecule has 1 heterocycles. The fourth-order valence-corrected chi connectivity index (χ4v) is 1.76. The van der Waals surface area contributed by atoms with Gasteiger partial charge in [-0.15, -0.1) is 0 Å². The number of rotatable bonds is 0. The number of nitrogens with zero attached hydrogens (tertiary/aromatic N) is 1. The van der Waals surface area contributed by atoms with Crippen LogP contribution in [0.4, 0.5) is 0 Å². The molecule has 1 rings (SSSR count). The topological polar surface area (TPSA) is 86.8 Å². The van der Waals surface area contributed by atoms with Gasteiger partial charge in [-0.2, -0.15) is 0 Å². The molecule has 0 spiro atoms. The van der Waals surface area contributed by atoms with Gasteiger partial charge in [-0.05, 0) is 6.42 Å². The van der Waals surface area contributed by atoms with Crippen LogP contribution in [-0.4, -0.2) is 38.4 Å². The van der Waals surface area contributed by atoms with E-state index in [0.717, 1.165) is 11.8 Å². The summed E-state index contributed by atoms with van der Waals surface area (Å²) in [5, 5.41) is 0. The molecule has 0 aromatic heterocycles. The zero-order chi connectivity index (χ0) is 11.4. The maximum absolute atomic E-state index is 8.83. The predicted octanol–water partition coefficient (Wildman–Crippen LogP) is -1.48. The quantitative estimate of drug-likeness (QED) is 0.441. The van der Waals surface area contributed by atoms with Crippen molar-refractivity contribution in [2.75, 3.05) is 13.6 Å². The minimum absolute atomic E-state index is 0.791. The van der Waals surface area contributed by atoms with E-state index in [1.165, 1.54) is 13.0 Å². The molecule has 2 atom stereocenters. The molecule has 3 N–H and O–H groups in total.